The van der Waals surface area contributed by atoms with Crippen LogP contribution in [0.2, 0.25) is 0 Å². The second kappa shape index (κ2) is 15.7. The summed E-state index contributed by atoms with van der Waals surface area (Å²) in [6.07, 6.45) is 0. The van der Waals surface area contributed by atoms with Crippen LogP contribution in [-0.4, -0.2) is 9.13 Å². The molecule has 12 rings (SSSR count). The topological polar surface area (TPSA) is 16.3 Å². The lowest BCUT2D eigenvalue weighted by Gasteiger charge is -2.26. The summed E-state index contributed by atoms with van der Waals surface area (Å²) < 4.78 is 4.73. The van der Waals surface area contributed by atoms with Crippen LogP contribution in [-0.2, 0) is 0 Å². The minimum atomic E-state index is 1.09. The van der Waals surface area contributed by atoms with Gasteiger partial charge in [-0.25, -0.2) is 0 Å². The molecule has 0 saturated heterocycles. The van der Waals surface area contributed by atoms with Crippen LogP contribution in [0.15, 0.2) is 255 Å². The number of nitrogens with zero attached hydrogens (tertiary/aromatic N) is 4. The fourth-order valence-corrected chi connectivity index (χ4v) is 9.56. The first-order valence-corrected chi connectivity index (χ1v) is 21.8. The first-order valence-electron chi connectivity index (χ1n) is 21.8. The van der Waals surface area contributed by atoms with Crippen molar-refractivity contribution in [3.05, 3.63) is 255 Å². The van der Waals surface area contributed by atoms with Crippen LogP contribution in [0.3, 0.4) is 0 Å². The van der Waals surface area contributed by atoms with Crippen LogP contribution in [0.25, 0.3) is 66.1 Å². The van der Waals surface area contributed by atoms with Gasteiger partial charge in [-0.1, -0.05) is 133 Å². The van der Waals surface area contributed by atoms with Crippen LogP contribution >= 0.6 is 0 Å². The maximum absolute atomic E-state index is 2.37. The lowest BCUT2D eigenvalue weighted by Crippen LogP contribution is -2.10. The maximum Gasteiger partial charge on any atom is 0.0541 e. The molecular weight excluding hydrogens is 777 g/mol. The average molecular weight is 819 g/mol. The van der Waals surface area contributed by atoms with E-state index in [4.69, 9.17) is 0 Å². The monoisotopic (exact) mass is 818 g/mol. The van der Waals surface area contributed by atoms with Gasteiger partial charge in [0, 0.05) is 67.0 Å². The van der Waals surface area contributed by atoms with E-state index < -0.39 is 0 Å². The summed E-state index contributed by atoms with van der Waals surface area (Å²) in [4.78, 5) is 4.65. The van der Waals surface area contributed by atoms with Gasteiger partial charge in [0.2, 0.25) is 0 Å². The van der Waals surface area contributed by atoms with Gasteiger partial charge in [0.1, 0.15) is 0 Å². The molecule has 0 aliphatic rings. The molecule has 0 N–H and O–H groups in total. The van der Waals surface area contributed by atoms with Crippen LogP contribution in [0.4, 0.5) is 34.1 Å². The number of rotatable bonds is 9. The van der Waals surface area contributed by atoms with E-state index in [-0.39, 0.29) is 0 Å². The molecule has 4 nitrogen and oxygen atoms in total. The predicted octanol–water partition coefficient (Wildman–Crippen LogP) is 16.5. The molecule has 2 heterocycles. The van der Waals surface area contributed by atoms with Crippen LogP contribution in [0, 0.1) is 0 Å². The first-order chi connectivity index (χ1) is 31.8. The molecule has 64 heavy (non-hydrogen) atoms. The molecule has 10 aromatic carbocycles. The van der Waals surface area contributed by atoms with Crippen molar-refractivity contribution in [2.75, 3.05) is 9.80 Å². The number of para-hydroxylation sites is 6. The van der Waals surface area contributed by atoms with Crippen molar-refractivity contribution in [1.82, 2.24) is 9.13 Å². The fraction of sp³-hybridized carbons (Fsp3) is 0. The van der Waals surface area contributed by atoms with Gasteiger partial charge in [0.15, 0.2) is 0 Å². The van der Waals surface area contributed by atoms with Gasteiger partial charge in [-0.15, -0.1) is 0 Å². The molecule has 0 fully saturated rings. The zero-order valence-corrected chi connectivity index (χ0v) is 35.0. The molecule has 0 spiro atoms. The molecule has 0 bridgehead atoms. The van der Waals surface area contributed by atoms with Crippen molar-refractivity contribution >= 4 is 77.7 Å². The molecule has 0 atom stereocenters. The van der Waals surface area contributed by atoms with E-state index in [1.165, 1.54) is 43.6 Å². The summed E-state index contributed by atoms with van der Waals surface area (Å²) in [5.41, 5.74) is 16.0. The van der Waals surface area contributed by atoms with Gasteiger partial charge in [-0.05, 0) is 132 Å². The van der Waals surface area contributed by atoms with Gasteiger partial charge in [0.25, 0.3) is 0 Å². The maximum atomic E-state index is 2.37. The molecule has 0 unspecified atom stereocenters. The standard InChI is InChI=1S/C60H42N4/c1-3-15-45(16-4-1)61(49-35-39-51(40-36-49)63-57-23-11-7-19-53(57)54-20-8-12-24-58(54)63)47-31-27-43(28-32-47)44-29-33-48(34-30-44)62(46-17-5-2-6-18-46)50-37-41-52(42-38-50)64-59-25-13-9-21-55(59)56-22-10-14-26-60(56)64/h1-42H. The molecule has 2 aromatic heterocycles. The molecule has 12 aromatic rings. The molecule has 4 heteroatoms. The quantitative estimate of drug-likeness (QED) is 0.144. The fourth-order valence-electron chi connectivity index (χ4n) is 9.56. The lowest BCUT2D eigenvalue weighted by molar-refractivity contribution is 1.17. The predicted molar refractivity (Wildman–Crippen MR) is 270 cm³/mol. The van der Waals surface area contributed by atoms with E-state index in [9.17, 15) is 0 Å². The van der Waals surface area contributed by atoms with Crippen molar-refractivity contribution in [2.24, 2.45) is 0 Å². The van der Waals surface area contributed by atoms with E-state index in [1.54, 1.807) is 0 Å². The van der Waals surface area contributed by atoms with E-state index in [0.29, 0.717) is 0 Å². The van der Waals surface area contributed by atoms with Gasteiger partial charge in [-0.2, -0.15) is 0 Å². The Bertz CT molecular complexity index is 3220. The summed E-state index contributed by atoms with van der Waals surface area (Å²) in [5.74, 6) is 0. The largest absolute Gasteiger partial charge is 0.311 e. The summed E-state index contributed by atoms with van der Waals surface area (Å²) in [6.45, 7) is 0. The molecular formula is C60H42N4. The Morgan fingerprint density at radius 3 is 0.734 bits per heavy atom. The van der Waals surface area contributed by atoms with Gasteiger partial charge >= 0.3 is 0 Å². The summed E-state index contributed by atoms with van der Waals surface area (Å²) in [6, 6.07) is 91.6. The Labute approximate surface area is 372 Å². The highest BCUT2D eigenvalue weighted by Gasteiger charge is 2.18. The van der Waals surface area contributed by atoms with E-state index in [1.807, 2.05) is 0 Å². The van der Waals surface area contributed by atoms with Gasteiger partial charge < -0.3 is 18.9 Å². The molecule has 302 valence electrons. The zero-order chi connectivity index (χ0) is 42.4. The van der Waals surface area contributed by atoms with Crippen LogP contribution in [0.5, 0.6) is 0 Å². The van der Waals surface area contributed by atoms with Crippen molar-refractivity contribution in [1.29, 1.82) is 0 Å². The zero-order valence-electron chi connectivity index (χ0n) is 35.0. The van der Waals surface area contributed by atoms with Crippen molar-refractivity contribution in [2.45, 2.75) is 0 Å². The normalized spacial score (nSPS) is 11.4. The van der Waals surface area contributed by atoms with Crippen molar-refractivity contribution in [3.8, 4) is 22.5 Å². The highest BCUT2D eigenvalue weighted by molar-refractivity contribution is 6.10. The Kier molecular flexibility index (Phi) is 9.12. The lowest BCUT2D eigenvalue weighted by atomic mass is 10.0. The second-order valence-electron chi connectivity index (χ2n) is 16.2. The third kappa shape index (κ3) is 6.40. The van der Waals surface area contributed by atoms with E-state index in [2.05, 4.69) is 274 Å². The highest BCUT2D eigenvalue weighted by atomic mass is 15.1. The van der Waals surface area contributed by atoms with Crippen LogP contribution in [0.1, 0.15) is 0 Å². The average Bonchev–Trinajstić information content (AvgIpc) is 3.89. The Morgan fingerprint density at radius 1 is 0.203 bits per heavy atom. The molecule has 0 aliphatic heterocycles. The molecule has 0 amide bonds. The Morgan fingerprint density at radius 2 is 0.438 bits per heavy atom. The summed E-state index contributed by atoms with van der Waals surface area (Å²) in [7, 11) is 0. The van der Waals surface area contributed by atoms with Crippen molar-refractivity contribution in [3.63, 3.8) is 0 Å². The van der Waals surface area contributed by atoms with E-state index >= 15 is 0 Å². The second-order valence-corrected chi connectivity index (χ2v) is 16.2. The molecule has 0 aliphatic carbocycles. The Balaban J connectivity index is 0.850. The molecule has 0 radical (unpaired) electrons. The number of aromatic nitrogens is 2. The Hall–Kier alpha value is -8.60. The van der Waals surface area contributed by atoms with Crippen LogP contribution < -0.4 is 9.80 Å². The molecule has 0 saturated carbocycles. The third-order valence-electron chi connectivity index (χ3n) is 12.5. The summed E-state index contributed by atoms with van der Waals surface area (Å²) in [5, 5.41) is 5.05. The number of fused-ring (bicyclic) bond motifs is 6. The number of anilines is 6. The first kappa shape index (κ1) is 37.2. The van der Waals surface area contributed by atoms with E-state index in [0.717, 1.165) is 56.6 Å². The van der Waals surface area contributed by atoms with Gasteiger partial charge in [-0.3, -0.25) is 0 Å². The SMILES string of the molecule is c1ccc(N(c2ccc(-c3ccc(N(c4ccccc4)c4ccc(-n5c6ccccc6c6ccccc65)cc4)cc3)cc2)c2ccc(-n3c4ccccc4c4ccccc43)cc2)cc1. The third-order valence-corrected chi connectivity index (χ3v) is 12.5. The minimum Gasteiger partial charge on any atom is -0.311 e. The minimum absolute atomic E-state index is 1.09. The smallest absolute Gasteiger partial charge is 0.0541 e. The number of hydrogen-bond acceptors (Lipinski definition) is 2. The van der Waals surface area contributed by atoms with Crippen molar-refractivity contribution < 1.29 is 0 Å². The number of hydrogen-bond donors (Lipinski definition) is 0. The highest BCUT2D eigenvalue weighted by Crippen LogP contribution is 2.40. The summed E-state index contributed by atoms with van der Waals surface area (Å²) >= 11 is 0. The van der Waals surface area contributed by atoms with Gasteiger partial charge in [0.05, 0.1) is 22.1 Å². The number of benzene rings is 10.